The van der Waals surface area contributed by atoms with Gasteiger partial charge in [-0.2, -0.15) is 0 Å². The molecule has 0 fully saturated rings. The van der Waals surface area contributed by atoms with Crippen LogP contribution >= 0.6 is 0 Å². The maximum atomic E-state index is 14.6. The molecule has 0 amide bonds. The van der Waals surface area contributed by atoms with Crippen molar-refractivity contribution in [1.29, 1.82) is 0 Å². The maximum absolute atomic E-state index is 14.6. The van der Waals surface area contributed by atoms with Gasteiger partial charge in [0.25, 0.3) is 0 Å². The average molecular weight is 313 g/mol. The van der Waals surface area contributed by atoms with Gasteiger partial charge in [-0.1, -0.05) is 50.1 Å². The molecule has 1 aromatic rings. The fraction of sp³-hybridized carbons (Fsp3) is 0.647. The molecule has 0 saturated carbocycles. The summed E-state index contributed by atoms with van der Waals surface area (Å²) in [5, 5.41) is 0. The van der Waals surface area contributed by atoms with E-state index in [1.54, 1.807) is 0 Å². The van der Waals surface area contributed by atoms with Crippen LogP contribution in [0.1, 0.15) is 52.5 Å². The van der Waals surface area contributed by atoms with Crippen molar-refractivity contribution >= 4 is 11.0 Å². The van der Waals surface area contributed by atoms with Crippen LogP contribution in [0.15, 0.2) is 30.3 Å². The molecule has 1 unspecified atom stereocenters. The minimum absolute atomic E-state index is 0.356. The van der Waals surface area contributed by atoms with Gasteiger partial charge >= 0.3 is 0 Å². The van der Waals surface area contributed by atoms with Gasteiger partial charge in [0.1, 0.15) is 6.17 Å². The molecule has 3 atom stereocenters. The molecule has 2 nitrogen and oxygen atoms in total. The Morgan fingerprint density at radius 1 is 1.24 bits per heavy atom. The number of benzene rings is 1. The first kappa shape index (κ1) is 18.3. The van der Waals surface area contributed by atoms with Crippen LogP contribution in [0.5, 0.6) is 0 Å². The molecule has 0 aliphatic heterocycles. The third-order valence-corrected chi connectivity index (χ3v) is 5.02. The lowest BCUT2D eigenvalue weighted by atomic mass is 10.00. The van der Waals surface area contributed by atoms with Gasteiger partial charge in [0.15, 0.2) is 0 Å². The molecule has 0 saturated heterocycles. The maximum Gasteiger partial charge on any atom is 0.120 e. The van der Waals surface area contributed by atoms with E-state index in [1.165, 1.54) is 0 Å². The number of rotatable bonds is 8. The smallest absolute Gasteiger partial charge is 0.120 e. The van der Waals surface area contributed by atoms with E-state index in [4.69, 9.17) is 0 Å². The highest BCUT2D eigenvalue weighted by molar-refractivity contribution is 7.84. The number of hydrogen-bond donors (Lipinski definition) is 1. The Morgan fingerprint density at radius 2 is 1.86 bits per heavy atom. The molecule has 0 radical (unpaired) electrons. The molecule has 21 heavy (non-hydrogen) atoms. The predicted molar refractivity (Wildman–Crippen MR) is 89.4 cm³/mol. The lowest BCUT2D eigenvalue weighted by Gasteiger charge is -2.26. The Balaban J connectivity index is 2.69. The molecule has 0 aromatic heterocycles. The highest BCUT2D eigenvalue weighted by Crippen LogP contribution is 2.17. The summed E-state index contributed by atoms with van der Waals surface area (Å²) in [5.41, 5.74) is 0.981. The first-order valence-electron chi connectivity index (χ1n) is 7.70. The summed E-state index contributed by atoms with van der Waals surface area (Å²) in [7, 11) is -1.24. The summed E-state index contributed by atoms with van der Waals surface area (Å²) >= 11 is 0. The molecular weight excluding hydrogens is 285 g/mol. The minimum Gasteiger partial charge on any atom is -0.245 e. The van der Waals surface area contributed by atoms with Gasteiger partial charge in [-0.25, -0.2) is 13.3 Å². The summed E-state index contributed by atoms with van der Waals surface area (Å²) < 4.78 is 29.5. The van der Waals surface area contributed by atoms with Gasteiger partial charge in [-0.15, -0.1) is 0 Å². The lowest BCUT2D eigenvalue weighted by Crippen LogP contribution is -2.45. The summed E-state index contributed by atoms with van der Waals surface area (Å²) in [4.78, 5) is 0. The van der Waals surface area contributed by atoms with Crippen LogP contribution < -0.4 is 4.72 Å². The molecule has 1 N–H and O–H groups in total. The molecule has 0 heterocycles. The summed E-state index contributed by atoms with van der Waals surface area (Å²) in [6.07, 6.45) is 2.01. The topological polar surface area (TPSA) is 29.1 Å². The third kappa shape index (κ3) is 6.70. The van der Waals surface area contributed by atoms with Crippen molar-refractivity contribution in [3.05, 3.63) is 35.9 Å². The van der Waals surface area contributed by atoms with E-state index in [0.717, 1.165) is 18.4 Å². The van der Waals surface area contributed by atoms with E-state index in [9.17, 15) is 8.60 Å². The van der Waals surface area contributed by atoms with Crippen molar-refractivity contribution in [3.63, 3.8) is 0 Å². The fourth-order valence-corrected chi connectivity index (χ4v) is 2.93. The summed E-state index contributed by atoms with van der Waals surface area (Å²) in [5.74, 6) is 0. The zero-order valence-electron chi connectivity index (χ0n) is 13.6. The molecule has 0 aliphatic rings. The van der Waals surface area contributed by atoms with Crippen LogP contribution in [-0.2, 0) is 17.4 Å². The van der Waals surface area contributed by atoms with Crippen molar-refractivity contribution in [1.82, 2.24) is 4.72 Å². The van der Waals surface area contributed by atoms with E-state index in [0.29, 0.717) is 12.8 Å². The number of alkyl halides is 1. The fourth-order valence-electron chi connectivity index (χ4n) is 2.03. The quantitative estimate of drug-likeness (QED) is 0.766. The number of unbranched alkanes of at least 4 members (excludes halogenated alkanes) is 1. The molecular formula is C17H28FNOS. The van der Waals surface area contributed by atoms with Crippen LogP contribution in [0.2, 0.25) is 0 Å². The number of nitrogens with one attached hydrogen (secondary N) is 1. The van der Waals surface area contributed by atoms with Crippen molar-refractivity contribution in [3.8, 4) is 0 Å². The Labute approximate surface area is 131 Å². The average Bonchev–Trinajstić information content (AvgIpc) is 2.43. The molecule has 0 bridgehead atoms. The van der Waals surface area contributed by atoms with Gasteiger partial charge in [0.05, 0.1) is 21.8 Å². The Bertz CT molecular complexity index is 430. The van der Waals surface area contributed by atoms with Crippen LogP contribution in [0, 0.1) is 0 Å². The van der Waals surface area contributed by atoms with Gasteiger partial charge in [0, 0.05) is 6.42 Å². The van der Waals surface area contributed by atoms with Crippen LogP contribution in [0.3, 0.4) is 0 Å². The Kier molecular flexibility index (Phi) is 7.53. The molecule has 1 aromatic carbocycles. The van der Waals surface area contributed by atoms with Crippen molar-refractivity contribution < 1.29 is 8.60 Å². The van der Waals surface area contributed by atoms with Gasteiger partial charge in [-0.3, -0.25) is 0 Å². The van der Waals surface area contributed by atoms with E-state index in [2.05, 4.69) is 11.6 Å². The normalized spacial score (nSPS) is 16.4. The Morgan fingerprint density at radius 3 is 2.38 bits per heavy atom. The van der Waals surface area contributed by atoms with Crippen molar-refractivity contribution in [2.45, 2.75) is 70.3 Å². The molecule has 0 spiro atoms. The highest BCUT2D eigenvalue weighted by atomic mass is 32.2. The monoisotopic (exact) mass is 313 g/mol. The second kappa shape index (κ2) is 8.64. The van der Waals surface area contributed by atoms with Gasteiger partial charge < -0.3 is 0 Å². The first-order chi connectivity index (χ1) is 9.84. The van der Waals surface area contributed by atoms with Crippen molar-refractivity contribution in [2.24, 2.45) is 0 Å². The number of halogens is 1. The molecule has 4 heteroatoms. The van der Waals surface area contributed by atoms with Gasteiger partial charge in [0.2, 0.25) is 0 Å². The first-order valence-corrected chi connectivity index (χ1v) is 8.85. The van der Waals surface area contributed by atoms with Crippen LogP contribution in [-0.4, -0.2) is 21.2 Å². The largest absolute Gasteiger partial charge is 0.245 e. The van der Waals surface area contributed by atoms with E-state index < -0.39 is 17.2 Å². The second-order valence-electron chi connectivity index (χ2n) is 6.45. The molecule has 1 rings (SSSR count). The third-order valence-electron chi connectivity index (χ3n) is 3.39. The SMILES string of the molecule is CCCC[C@H](NS(=O)C(C)(C)C)[C@H](F)Cc1ccccc1. The predicted octanol–water partition coefficient (Wildman–Crippen LogP) is 4.18. The highest BCUT2D eigenvalue weighted by Gasteiger charge is 2.27. The van der Waals surface area contributed by atoms with E-state index >= 15 is 0 Å². The molecule has 0 aliphatic carbocycles. The summed E-state index contributed by atoms with van der Waals surface area (Å²) in [6.45, 7) is 7.79. The number of hydrogen-bond acceptors (Lipinski definition) is 1. The van der Waals surface area contributed by atoms with E-state index in [-0.39, 0.29) is 10.8 Å². The Hall–Kier alpha value is -0.740. The standard InChI is InChI=1S/C17H28FNOS/c1-5-6-12-16(19-21(20)17(2,3)4)15(18)13-14-10-8-7-9-11-14/h7-11,15-16,19H,5-6,12-13H2,1-4H3/t15-,16+,21?/m1/s1. The van der Waals surface area contributed by atoms with Crippen molar-refractivity contribution in [2.75, 3.05) is 0 Å². The zero-order chi connectivity index (χ0) is 15.9. The van der Waals surface area contributed by atoms with Crippen LogP contribution in [0.25, 0.3) is 0 Å². The van der Waals surface area contributed by atoms with Gasteiger partial charge in [-0.05, 0) is 32.8 Å². The van der Waals surface area contributed by atoms with Crippen LogP contribution in [0.4, 0.5) is 4.39 Å². The molecule has 120 valence electrons. The zero-order valence-corrected chi connectivity index (χ0v) is 14.4. The summed E-state index contributed by atoms with van der Waals surface area (Å²) in [6, 6.07) is 9.28. The lowest BCUT2D eigenvalue weighted by molar-refractivity contribution is 0.255. The second-order valence-corrected chi connectivity index (χ2v) is 8.45. The minimum atomic E-state index is -1.24. The van der Waals surface area contributed by atoms with E-state index in [1.807, 2.05) is 51.1 Å².